The molecule has 1 aromatic heterocycles. The molecule has 2 aromatic rings. The van der Waals surface area contributed by atoms with E-state index in [1.165, 1.54) is 6.07 Å². The maximum absolute atomic E-state index is 14.9. The number of fused-ring (bicyclic) bond motifs is 3. The Labute approximate surface area is 164 Å². The molecule has 0 radical (unpaired) electrons. The summed E-state index contributed by atoms with van der Waals surface area (Å²) in [7, 11) is 0. The minimum atomic E-state index is -1.30. The summed E-state index contributed by atoms with van der Waals surface area (Å²) in [6.45, 7) is 5.54. The largest absolute Gasteiger partial charge is 0.444 e. The van der Waals surface area contributed by atoms with Crippen LogP contribution in [0, 0.1) is 5.82 Å². The van der Waals surface area contributed by atoms with Gasteiger partial charge in [0.1, 0.15) is 11.4 Å². The summed E-state index contributed by atoms with van der Waals surface area (Å²) in [5, 5.41) is 12.3. The molecule has 3 heterocycles. The molecule has 2 fully saturated rings. The molecule has 4 rings (SSSR count). The number of aliphatic hydroxyl groups is 1. The average molecular weight is 386 g/mol. The van der Waals surface area contributed by atoms with E-state index in [-0.39, 0.29) is 18.2 Å². The van der Waals surface area contributed by atoms with Crippen LogP contribution < -0.4 is 0 Å². The van der Waals surface area contributed by atoms with Crippen molar-refractivity contribution in [2.75, 3.05) is 0 Å². The van der Waals surface area contributed by atoms with E-state index in [4.69, 9.17) is 4.74 Å². The second-order valence-electron chi connectivity index (χ2n) is 9.09. The van der Waals surface area contributed by atoms with Gasteiger partial charge in [0.2, 0.25) is 0 Å². The highest BCUT2D eigenvalue weighted by Gasteiger charge is 2.50. The summed E-state index contributed by atoms with van der Waals surface area (Å²) < 4.78 is 20.5. The summed E-state index contributed by atoms with van der Waals surface area (Å²) >= 11 is 0. The predicted octanol–water partition coefficient (Wildman–Crippen LogP) is 4.51. The molecule has 28 heavy (non-hydrogen) atoms. The van der Waals surface area contributed by atoms with Crippen molar-refractivity contribution in [2.24, 2.45) is 0 Å². The highest BCUT2D eigenvalue weighted by Crippen LogP contribution is 2.46. The third-order valence-corrected chi connectivity index (χ3v) is 5.81. The van der Waals surface area contributed by atoms with Gasteiger partial charge in [0.05, 0.1) is 11.1 Å². The van der Waals surface area contributed by atoms with Gasteiger partial charge >= 0.3 is 6.09 Å². The van der Waals surface area contributed by atoms with E-state index < -0.39 is 17.0 Å². The van der Waals surface area contributed by atoms with Gasteiger partial charge in [-0.1, -0.05) is 6.07 Å². The van der Waals surface area contributed by atoms with Crippen molar-refractivity contribution in [3.05, 3.63) is 41.8 Å². The van der Waals surface area contributed by atoms with E-state index in [0.29, 0.717) is 23.9 Å². The number of rotatable bonds is 1. The molecule has 1 N–H and O–H groups in total. The summed E-state index contributed by atoms with van der Waals surface area (Å²) in [5.74, 6) is -0.447. The Bertz CT molecular complexity index is 894. The summed E-state index contributed by atoms with van der Waals surface area (Å²) in [5.41, 5.74) is -1.01. The van der Waals surface area contributed by atoms with Gasteiger partial charge < -0.3 is 14.7 Å². The SMILES string of the molecule is CC(C)(C)OC(=O)N1C2CCCC1CC(O)(c1cc3cccnc3cc1F)C2. The lowest BCUT2D eigenvalue weighted by Crippen LogP contribution is -2.59. The first-order chi connectivity index (χ1) is 13.2. The maximum atomic E-state index is 14.9. The van der Waals surface area contributed by atoms with Crippen LogP contribution in [0.4, 0.5) is 9.18 Å². The first-order valence-corrected chi connectivity index (χ1v) is 9.95. The highest BCUT2D eigenvalue weighted by molar-refractivity contribution is 5.79. The monoisotopic (exact) mass is 386 g/mol. The molecule has 1 aromatic carbocycles. The zero-order valence-electron chi connectivity index (χ0n) is 16.6. The smallest absolute Gasteiger partial charge is 0.410 e. The molecular formula is C22H27FN2O3. The fraction of sp³-hybridized carbons (Fsp3) is 0.545. The Hall–Kier alpha value is -2.21. The molecule has 0 aliphatic carbocycles. The summed E-state index contributed by atoms with van der Waals surface area (Å²) in [6.07, 6.45) is 4.47. The third kappa shape index (κ3) is 3.46. The molecule has 2 atom stereocenters. The average Bonchev–Trinajstić information content (AvgIpc) is 2.58. The number of carbonyl (C=O) groups excluding carboxylic acids is 1. The number of pyridine rings is 1. The van der Waals surface area contributed by atoms with Gasteiger partial charge in [0, 0.05) is 48.1 Å². The van der Waals surface area contributed by atoms with Gasteiger partial charge in [-0.2, -0.15) is 0 Å². The van der Waals surface area contributed by atoms with Crippen LogP contribution in [-0.2, 0) is 10.3 Å². The lowest BCUT2D eigenvalue weighted by molar-refractivity contribution is -0.0977. The van der Waals surface area contributed by atoms with Crippen molar-refractivity contribution in [1.82, 2.24) is 9.88 Å². The van der Waals surface area contributed by atoms with Crippen LogP contribution in [0.1, 0.15) is 58.4 Å². The number of amides is 1. The number of carbonyl (C=O) groups is 1. The molecule has 2 aliphatic heterocycles. The van der Waals surface area contributed by atoms with Crippen molar-refractivity contribution in [3.63, 3.8) is 0 Å². The number of piperidine rings is 2. The minimum absolute atomic E-state index is 0.156. The molecule has 2 unspecified atom stereocenters. The van der Waals surface area contributed by atoms with E-state index in [0.717, 1.165) is 24.6 Å². The maximum Gasteiger partial charge on any atom is 0.410 e. The van der Waals surface area contributed by atoms with Crippen molar-refractivity contribution < 1.29 is 19.0 Å². The second kappa shape index (κ2) is 6.69. The lowest BCUT2D eigenvalue weighted by Gasteiger charge is -2.51. The molecule has 6 heteroatoms. The Morgan fingerprint density at radius 2 is 1.96 bits per heavy atom. The van der Waals surface area contributed by atoms with Crippen molar-refractivity contribution in [3.8, 4) is 0 Å². The number of ether oxygens (including phenoxy) is 1. The molecule has 2 aliphatic rings. The zero-order valence-corrected chi connectivity index (χ0v) is 16.6. The molecule has 2 bridgehead atoms. The number of hydrogen-bond donors (Lipinski definition) is 1. The normalized spacial score (nSPS) is 27.7. The van der Waals surface area contributed by atoms with Crippen molar-refractivity contribution in [1.29, 1.82) is 0 Å². The summed E-state index contributed by atoms with van der Waals surface area (Å²) in [4.78, 5) is 18.7. The van der Waals surface area contributed by atoms with E-state index in [1.807, 2.05) is 26.8 Å². The van der Waals surface area contributed by atoms with Gasteiger partial charge in [-0.25, -0.2) is 9.18 Å². The topological polar surface area (TPSA) is 62.7 Å². The fourth-order valence-corrected chi connectivity index (χ4v) is 4.71. The van der Waals surface area contributed by atoms with Crippen LogP contribution in [0.25, 0.3) is 10.9 Å². The predicted molar refractivity (Wildman–Crippen MR) is 104 cm³/mol. The van der Waals surface area contributed by atoms with Gasteiger partial charge in [0.25, 0.3) is 0 Å². The standard InChI is InChI=1S/C22H27FN2O3/c1-21(2,3)28-20(26)25-15-7-4-8-16(25)13-22(27,12-15)17-10-14-6-5-9-24-19(14)11-18(17)23/h5-6,9-11,15-16,27H,4,7-8,12-13H2,1-3H3. The lowest BCUT2D eigenvalue weighted by atomic mass is 9.72. The van der Waals surface area contributed by atoms with E-state index in [2.05, 4.69) is 4.98 Å². The quantitative estimate of drug-likeness (QED) is 0.783. The third-order valence-electron chi connectivity index (χ3n) is 5.81. The Balaban J connectivity index is 1.66. The Morgan fingerprint density at radius 3 is 2.61 bits per heavy atom. The van der Waals surface area contributed by atoms with Crippen LogP contribution in [0.3, 0.4) is 0 Å². The van der Waals surface area contributed by atoms with Crippen molar-refractivity contribution >= 4 is 17.0 Å². The van der Waals surface area contributed by atoms with Gasteiger partial charge in [-0.05, 0) is 52.2 Å². The fourth-order valence-electron chi connectivity index (χ4n) is 4.71. The van der Waals surface area contributed by atoms with Crippen LogP contribution in [0.5, 0.6) is 0 Å². The molecule has 0 spiro atoms. The molecule has 0 saturated carbocycles. The van der Waals surface area contributed by atoms with Crippen molar-refractivity contribution in [2.45, 2.75) is 76.2 Å². The van der Waals surface area contributed by atoms with Crippen LogP contribution in [0.15, 0.2) is 30.5 Å². The number of hydrogen-bond acceptors (Lipinski definition) is 4. The van der Waals surface area contributed by atoms with Gasteiger partial charge in [-0.15, -0.1) is 0 Å². The highest BCUT2D eigenvalue weighted by atomic mass is 19.1. The molecule has 150 valence electrons. The van der Waals surface area contributed by atoms with Gasteiger partial charge in [-0.3, -0.25) is 4.98 Å². The number of aromatic nitrogens is 1. The van der Waals surface area contributed by atoms with Crippen LogP contribution in [0.2, 0.25) is 0 Å². The molecule has 5 nitrogen and oxygen atoms in total. The van der Waals surface area contributed by atoms with Crippen LogP contribution in [-0.4, -0.2) is 38.8 Å². The number of benzene rings is 1. The Kier molecular flexibility index (Phi) is 4.57. The number of halogens is 1. The van der Waals surface area contributed by atoms with Crippen LogP contribution >= 0.6 is 0 Å². The second-order valence-corrected chi connectivity index (χ2v) is 9.09. The number of nitrogens with zero attached hydrogens (tertiary/aromatic N) is 2. The summed E-state index contributed by atoms with van der Waals surface area (Å²) in [6, 6.07) is 6.45. The molecular weight excluding hydrogens is 359 g/mol. The molecule has 1 amide bonds. The Morgan fingerprint density at radius 1 is 1.29 bits per heavy atom. The van der Waals surface area contributed by atoms with E-state index >= 15 is 0 Å². The zero-order chi connectivity index (χ0) is 20.1. The van der Waals surface area contributed by atoms with E-state index in [1.54, 1.807) is 23.2 Å². The minimum Gasteiger partial charge on any atom is -0.444 e. The van der Waals surface area contributed by atoms with Gasteiger partial charge in [0.15, 0.2) is 0 Å². The first-order valence-electron chi connectivity index (χ1n) is 9.95. The van der Waals surface area contributed by atoms with E-state index in [9.17, 15) is 14.3 Å². The first kappa shape index (κ1) is 19.1. The molecule has 2 saturated heterocycles.